The molecule has 1 saturated carbocycles. The van der Waals surface area contributed by atoms with Gasteiger partial charge in [-0.15, -0.1) is 0 Å². The van der Waals surface area contributed by atoms with Crippen LogP contribution in [0.25, 0.3) is 6.08 Å². The van der Waals surface area contributed by atoms with Gasteiger partial charge in [0.2, 0.25) is 0 Å². The molecule has 2 aliphatic carbocycles. The van der Waals surface area contributed by atoms with E-state index < -0.39 is 0 Å². The summed E-state index contributed by atoms with van der Waals surface area (Å²) in [5, 5.41) is 0. The smallest absolute Gasteiger partial charge is 0.168 e. The van der Waals surface area contributed by atoms with Crippen LogP contribution in [0, 0.1) is 0 Å². The Bertz CT molecular complexity index is 616. The number of hydrogen-bond acceptors (Lipinski definition) is 3. The number of rotatable bonds is 0. The van der Waals surface area contributed by atoms with E-state index in [1.54, 1.807) is 0 Å². The summed E-state index contributed by atoms with van der Waals surface area (Å²) < 4.78 is 17.5. The lowest BCUT2D eigenvalue weighted by Gasteiger charge is -2.41. The number of benzene rings is 1. The monoisotopic (exact) mass is 284 g/mol. The molecule has 0 atom stereocenters. The average molecular weight is 284 g/mol. The molecule has 1 aromatic carbocycles. The van der Waals surface area contributed by atoms with E-state index in [2.05, 4.69) is 24.3 Å². The molecule has 2 heterocycles. The van der Waals surface area contributed by atoms with Crippen LogP contribution >= 0.6 is 0 Å². The van der Waals surface area contributed by atoms with Crippen LogP contribution in [-0.2, 0) is 21.3 Å². The third kappa shape index (κ3) is 1.68. The Kier molecular flexibility index (Phi) is 2.40. The number of allylic oxidation sites excluding steroid dienone is 1. The van der Waals surface area contributed by atoms with Gasteiger partial charge in [-0.05, 0) is 35.6 Å². The Hall–Kier alpha value is -1.32. The predicted octanol–water partition coefficient (Wildman–Crippen LogP) is 3.20. The first-order valence-electron chi connectivity index (χ1n) is 8.06. The lowest BCUT2D eigenvalue weighted by molar-refractivity contribution is -0.182. The SMILES string of the molecule is C1=CC2(CCC3(CC2)OCCO3)c2cc3c(cc21)OCC3. The van der Waals surface area contributed by atoms with Crippen LogP contribution in [0.2, 0.25) is 0 Å². The van der Waals surface area contributed by atoms with Gasteiger partial charge in [-0.2, -0.15) is 0 Å². The Morgan fingerprint density at radius 3 is 2.52 bits per heavy atom. The van der Waals surface area contributed by atoms with Crippen LogP contribution < -0.4 is 4.74 Å². The minimum Gasteiger partial charge on any atom is -0.493 e. The van der Waals surface area contributed by atoms with Crippen molar-refractivity contribution in [1.82, 2.24) is 0 Å². The Morgan fingerprint density at radius 1 is 0.905 bits per heavy atom. The zero-order valence-electron chi connectivity index (χ0n) is 12.2. The maximum Gasteiger partial charge on any atom is 0.168 e. The normalized spacial score (nSPS) is 27.0. The maximum absolute atomic E-state index is 5.88. The van der Waals surface area contributed by atoms with Crippen LogP contribution in [0.4, 0.5) is 0 Å². The van der Waals surface area contributed by atoms with Crippen molar-refractivity contribution in [3.05, 3.63) is 34.9 Å². The first kappa shape index (κ1) is 12.2. The van der Waals surface area contributed by atoms with Gasteiger partial charge in [0.05, 0.1) is 19.8 Å². The number of ether oxygens (including phenoxy) is 3. The minimum absolute atomic E-state index is 0.202. The Labute approximate surface area is 124 Å². The number of fused-ring (bicyclic) bond motifs is 3. The van der Waals surface area contributed by atoms with E-state index in [9.17, 15) is 0 Å². The largest absolute Gasteiger partial charge is 0.493 e. The van der Waals surface area contributed by atoms with Crippen LogP contribution in [0.3, 0.4) is 0 Å². The predicted molar refractivity (Wildman–Crippen MR) is 79.5 cm³/mol. The minimum atomic E-state index is -0.276. The van der Waals surface area contributed by atoms with Crippen molar-refractivity contribution in [2.24, 2.45) is 0 Å². The average Bonchev–Trinajstić information content (AvgIpc) is 3.21. The van der Waals surface area contributed by atoms with Gasteiger partial charge in [0.1, 0.15) is 5.75 Å². The second-order valence-electron chi connectivity index (χ2n) is 6.74. The molecule has 5 rings (SSSR count). The molecule has 0 bridgehead atoms. The molecule has 1 aromatic rings. The summed E-state index contributed by atoms with van der Waals surface area (Å²) >= 11 is 0. The topological polar surface area (TPSA) is 27.7 Å². The molecule has 3 nitrogen and oxygen atoms in total. The summed E-state index contributed by atoms with van der Waals surface area (Å²) in [6.07, 6.45) is 10.00. The second kappa shape index (κ2) is 4.11. The fourth-order valence-corrected chi connectivity index (χ4v) is 4.45. The Morgan fingerprint density at radius 2 is 1.71 bits per heavy atom. The van der Waals surface area contributed by atoms with E-state index in [0.717, 1.165) is 57.7 Å². The van der Waals surface area contributed by atoms with Gasteiger partial charge in [-0.25, -0.2) is 0 Å². The molecule has 0 N–H and O–H groups in total. The summed E-state index contributed by atoms with van der Waals surface area (Å²) in [6, 6.07) is 4.63. The highest BCUT2D eigenvalue weighted by atomic mass is 16.7. The molecule has 4 aliphatic rings. The molecule has 2 fully saturated rings. The lowest BCUT2D eigenvalue weighted by atomic mass is 9.69. The Balaban J connectivity index is 1.49. The summed E-state index contributed by atoms with van der Waals surface area (Å²) in [6.45, 7) is 2.34. The maximum atomic E-state index is 5.88. The van der Waals surface area contributed by atoms with E-state index in [4.69, 9.17) is 14.2 Å². The molecule has 21 heavy (non-hydrogen) atoms. The quantitative estimate of drug-likeness (QED) is 0.732. The highest BCUT2D eigenvalue weighted by Gasteiger charge is 2.47. The fourth-order valence-electron chi connectivity index (χ4n) is 4.45. The van der Waals surface area contributed by atoms with E-state index in [-0.39, 0.29) is 11.2 Å². The van der Waals surface area contributed by atoms with Gasteiger partial charge in [-0.3, -0.25) is 0 Å². The molecular weight excluding hydrogens is 264 g/mol. The van der Waals surface area contributed by atoms with E-state index in [1.807, 2.05) is 0 Å². The molecule has 0 unspecified atom stereocenters. The molecule has 2 spiro atoms. The zero-order chi connectivity index (χ0) is 13.9. The van der Waals surface area contributed by atoms with Crippen molar-refractivity contribution in [2.45, 2.75) is 43.3 Å². The summed E-state index contributed by atoms with van der Waals surface area (Å²) in [7, 11) is 0. The van der Waals surface area contributed by atoms with Gasteiger partial charge in [-0.1, -0.05) is 18.2 Å². The molecule has 3 heteroatoms. The van der Waals surface area contributed by atoms with Gasteiger partial charge in [0.25, 0.3) is 0 Å². The fraction of sp³-hybridized carbons (Fsp3) is 0.556. The molecular formula is C18H20O3. The van der Waals surface area contributed by atoms with Crippen molar-refractivity contribution >= 4 is 6.08 Å². The highest BCUT2D eigenvalue weighted by molar-refractivity contribution is 5.68. The highest BCUT2D eigenvalue weighted by Crippen LogP contribution is 2.52. The van der Waals surface area contributed by atoms with Crippen LogP contribution in [0.15, 0.2) is 18.2 Å². The van der Waals surface area contributed by atoms with Crippen LogP contribution in [0.1, 0.15) is 42.4 Å². The summed E-state index contributed by atoms with van der Waals surface area (Å²) in [5.41, 5.74) is 4.43. The number of hydrogen-bond donors (Lipinski definition) is 0. The standard InChI is InChI=1S/C18H20O3/c1-3-17(4-6-18(7-5-17)20-9-10-21-18)15-11-14-2-8-19-16(14)12-13(1)15/h1,3,11-12H,2,4-10H2. The second-order valence-corrected chi connectivity index (χ2v) is 6.74. The molecule has 1 saturated heterocycles. The third-order valence-corrected chi connectivity index (χ3v) is 5.70. The van der Waals surface area contributed by atoms with Gasteiger partial charge < -0.3 is 14.2 Å². The molecule has 110 valence electrons. The van der Waals surface area contributed by atoms with E-state index >= 15 is 0 Å². The third-order valence-electron chi connectivity index (χ3n) is 5.70. The van der Waals surface area contributed by atoms with E-state index in [1.165, 1.54) is 16.7 Å². The van der Waals surface area contributed by atoms with Crippen molar-refractivity contribution in [3.8, 4) is 5.75 Å². The van der Waals surface area contributed by atoms with Gasteiger partial charge in [0.15, 0.2) is 5.79 Å². The van der Waals surface area contributed by atoms with Crippen molar-refractivity contribution in [2.75, 3.05) is 19.8 Å². The van der Waals surface area contributed by atoms with Crippen LogP contribution in [0.5, 0.6) is 5.75 Å². The van der Waals surface area contributed by atoms with Gasteiger partial charge >= 0.3 is 0 Å². The van der Waals surface area contributed by atoms with Gasteiger partial charge in [0, 0.05) is 24.7 Å². The van der Waals surface area contributed by atoms with Crippen LogP contribution in [-0.4, -0.2) is 25.6 Å². The molecule has 0 amide bonds. The molecule has 0 radical (unpaired) electrons. The first-order valence-corrected chi connectivity index (χ1v) is 8.06. The van der Waals surface area contributed by atoms with Crippen molar-refractivity contribution in [1.29, 1.82) is 0 Å². The van der Waals surface area contributed by atoms with Crippen molar-refractivity contribution in [3.63, 3.8) is 0 Å². The molecule has 0 aromatic heterocycles. The summed E-state index contributed by atoms with van der Waals surface area (Å²) in [5.74, 6) is 0.812. The van der Waals surface area contributed by atoms with Crippen molar-refractivity contribution < 1.29 is 14.2 Å². The summed E-state index contributed by atoms with van der Waals surface area (Å²) in [4.78, 5) is 0. The zero-order valence-corrected chi connectivity index (χ0v) is 12.2. The first-order chi connectivity index (χ1) is 10.3. The van der Waals surface area contributed by atoms with E-state index in [0.29, 0.717) is 0 Å². The molecule has 2 aliphatic heterocycles. The lowest BCUT2D eigenvalue weighted by Crippen LogP contribution is -2.40.